The van der Waals surface area contributed by atoms with E-state index in [0.29, 0.717) is 17.9 Å². The molecule has 0 aliphatic carbocycles. The molecular weight excluding hydrogens is 268 g/mol. The van der Waals surface area contributed by atoms with Gasteiger partial charge >= 0.3 is 0 Å². The third kappa shape index (κ3) is 4.09. The highest BCUT2D eigenvalue weighted by Gasteiger charge is 2.13. The minimum Gasteiger partial charge on any atom is -0.348 e. The average Bonchev–Trinajstić information content (AvgIpc) is 3.05. The molecule has 2 heterocycles. The van der Waals surface area contributed by atoms with Crippen LogP contribution in [-0.4, -0.2) is 38.2 Å². The number of rotatable bonds is 7. The third-order valence-corrected chi connectivity index (χ3v) is 3.19. The standard InChI is InChI=1S/C14H20N6O/c1-2-3-4-12(8-15)19-14(21)11-5-6-17-13(7-11)20-10-16-9-18-20/h5-7,9-10,12H,2-4,8,15H2,1H3,(H,19,21). The number of nitrogens with one attached hydrogen (secondary N) is 1. The number of unbranched alkanes of at least 4 members (excludes halogenated alkanes) is 1. The zero-order chi connectivity index (χ0) is 15.1. The van der Waals surface area contributed by atoms with Crippen LogP contribution in [0.3, 0.4) is 0 Å². The Morgan fingerprint density at radius 3 is 3.05 bits per heavy atom. The first-order valence-electron chi connectivity index (χ1n) is 7.06. The molecule has 0 radical (unpaired) electrons. The molecule has 21 heavy (non-hydrogen) atoms. The van der Waals surface area contributed by atoms with Gasteiger partial charge in [-0.15, -0.1) is 0 Å². The summed E-state index contributed by atoms with van der Waals surface area (Å²) in [5.41, 5.74) is 6.23. The molecule has 0 saturated heterocycles. The van der Waals surface area contributed by atoms with Crippen LogP contribution in [0.5, 0.6) is 0 Å². The van der Waals surface area contributed by atoms with Crippen molar-refractivity contribution < 1.29 is 4.79 Å². The number of pyridine rings is 1. The topological polar surface area (TPSA) is 98.7 Å². The zero-order valence-electron chi connectivity index (χ0n) is 12.1. The SMILES string of the molecule is CCCCC(CN)NC(=O)c1ccnc(-n2cncn2)c1. The fraction of sp³-hybridized carbons (Fsp3) is 0.429. The number of hydrogen-bond donors (Lipinski definition) is 2. The molecule has 0 bridgehead atoms. The molecule has 2 aromatic rings. The van der Waals surface area contributed by atoms with Crippen LogP contribution < -0.4 is 11.1 Å². The van der Waals surface area contributed by atoms with Gasteiger partial charge in [0.1, 0.15) is 12.7 Å². The smallest absolute Gasteiger partial charge is 0.251 e. The van der Waals surface area contributed by atoms with Gasteiger partial charge in [-0.1, -0.05) is 19.8 Å². The van der Waals surface area contributed by atoms with Gasteiger partial charge < -0.3 is 11.1 Å². The summed E-state index contributed by atoms with van der Waals surface area (Å²) < 4.78 is 1.51. The second-order valence-corrected chi connectivity index (χ2v) is 4.79. The lowest BCUT2D eigenvalue weighted by molar-refractivity contribution is 0.0935. The van der Waals surface area contributed by atoms with E-state index in [4.69, 9.17) is 5.73 Å². The summed E-state index contributed by atoms with van der Waals surface area (Å²) in [4.78, 5) is 20.3. The summed E-state index contributed by atoms with van der Waals surface area (Å²) in [6, 6.07) is 3.35. The van der Waals surface area contributed by atoms with Crippen molar-refractivity contribution >= 4 is 5.91 Å². The summed E-state index contributed by atoms with van der Waals surface area (Å²) in [6.07, 6.45) is 7.55. The molecule has 1 unspecified atom stereocenters. The van der Waals surface area contributed by atoms with Gasteiger partial charge in [0.05, 0.1) is 0 Å². The second-order valence-electron chi connectivity index (χ2n) is 4.79. The van der Waals surface area contributed by atoms with Gasteiger partial charge in [-0.05, 0) is 18.6 Å². The molecule has 2 rings (SSSR count). The Kier molecular flexibility index (Phi) is 5.39. The average molecular weight is 288 g/mol. The van der Waals surface area contributed by atoms with Crippen LogP contribution in [0.15, 0.2) is 31.0 Å². The summed E-state index contributed by atoms with van der Waals surface area (Å²) in [5, 5.41) is 6.95. The zero-order valence-corrected chi connectivity index (χ0v) is 12.1. The van der Waals surface area contributed by atoms with Crippen LogP contribution in [0.2, 0.25) is 0 Å². The van der Waals surface area contributed by atoms with Crippen molar-refractivity contribution in [1.82, 2.24) is 25.1 Å². The van der Waals surface area contributed by atoms with Crippen molar-refractivity contribution in [3.05, 3.63) is 36.5 Å². The Labute approximate surface area is 123 Å². The van der Waals surface area contributed by atoms with Gasteiger partial charge in [-0.25, -0.2) is 14.6 Å². The summed E-state index contributed by atoms with van der Waals surface area (Å²) in [5.74, 6) is 0.406. The Balaban J connectivity index is 2.07. The van der Waals surface area contributed by atoms with Gasteiger partial charge in [-0.2, -0.15) is 5.10 Å². The summed E-state index contributed by atoms with van der Waals surface area (Å²) >= 11 is 0. The fourth-order valence-corrected chi connectivity index (χ4v) is 1.98. The second kappa shape index (κ2) is 7.49. The van der Waals surface area contributed by atoms with E-state index in [1.165, 1.54) is 17.3 Å². The van der Waals surface area contributed by atoms with Gasteiger partial charge in [0.15, 0.2) is 5.82 Å². The van der Waals surface area contributed by atoms with E-state index in [2.05, 4.69) is 27.3 Å². The molecule has 0 aliphatic rings. The van der Waals surface area contributed by atoms with E-state index in [1.54, 1.807) is 18.3 Å². The number of amides is 1. The maximum atomic E-state index is 12.3. The molecule has 7 nitrogen and oxygen atoms in total. The van der Waals surface area contributed by atoms with Gasteiger partial charge in [0.25, 0.3) is 5.91 Å². The van der Waals surface area contributed by atoms with Crippen molar-refractivity contribution in [1.29, 1.82) is 0 Å². The fourth-order valence-electron chi connectivity index (χ4n) is 1.98. The molecule has 0 aliphatic heterocycles. The normalized spacial score (nSPS) is 12.1. The maximum Gasteiger partial charge on any atom is 0.251 e. The number of nitrogens with two attached hydrogens (primary N) is 1. The molecule has 0 saturated carbocycles. The number of aromatic nitrogens is 4. The molecule has 3 N–H and O–H groups in total. The van der Waals surface area contributed by atoms with Crippen LogP contribution in [0, 0.1) is 0 Å². The first-order valence-corrected chi connectivity index (χ1v) is 7.06. The van der Waals surface area contributed by atoms with E-state index in [1.807, 2.05) is 0 Å². The van der Waals surface area contributed by atoms with E-state index in [9.17, 15) is 4.79 Å². The molecule has 0 spiro atoms. The number of hydrogen-bond acceptors (Lipinski definition) is 5. The van der Waals surface area contributed by atoms with E-state index >= 15 is 0 Å². The Bertz CT molecular complexity index is 569. The number of carbonyl (C=O) groups is 1. The highest BCUT2D eigenvalue weighted by molar-refractivity contribution is 5.94. The number of nitrogens with zero attached hydrogens (tertiary/aromatic N) is 4. The largest absolute Gasteiger partial charge is 0.348 e. The van der Waals surface area contributed by atoms with Crippen molar-refractivity contribution in [3.63, 3.8) is 0 Å². The predicted molar refractivity (Wildman–Crippen MR) is 79.0 cm³/mol. The highest BCUT2D eigenvalue weighted by Crippen LogP contribution is 2.07. The minimum atomic E-state index is -0.148. The predicted octanol–water partition coefficient (Wildman–Crippen LogP) is 0.910. The maximum absolute atomic E-state index is 12.3. The third-order valence-electron chi connectivity index (χ3n) is 3.19. The molecule has 0 fully saturated rings. The van der Waals surface area contributed by atoms with Gasteiger partial charge in [-0.3, -0.25) is 4.79 Å². The first-order chi connectivity index (χ1) is 10.2. The lowest BCUT2D eigenvalue weighted by Gasteiger charge is -2.16. The Morgan fingerprint density at radius 2 is 2.38 bits per heavy atom. The first kappa shape index (κ1) is 15.1. The minimum absolute atomic E-state index is 0.000403. The van der Waals surface area contributed by atoms with E-state index in [-0.39, 0.29) is 11.9 Å². The van der Waals surface area contributed by atoms with Crippen LogP contribution in [0.25, 0.3) is 5.82 Å². The van der Waals surface area contributed by atoms with Crippen molar-refractivity contribution in [2.24, 2.45) is 5.73 Å². The molecular formula is C14H20N6O. The van der Waals surface area contributed by atoms with Crippen LogP contribution >= 0.6 is 0 Å². The lowest BCUT2D eigenvalue weighted by atomic mass is 10.1. The van der Waals surface area contributed by atoms with Crippen molar-refractivity contribution in [2.75, 3.05) is 6.54 Å². The summed E-state index contributed by atoms with van der Waals surface area (Å²) in [6.45, 7) is 2.55. The van der Waals surface area contributed by atoms with E-state index in [0.717, 1.165) is 19.3 Å². The van der Waals surface area contributed by atoms with E-state index < -0.39 is 0 Å². The monoisotopic (exact) mass is 288 g/mol. The quantitative estimate of drug-likeness (QED) is 0.789. The highest BCUT2D eigenvalue weighted by atomic mass is 16.1. The van der Waals surface area contributed by atoms with Gasteiger partial charge in [0.2, 0.25) is 0 Å². The summed E-state index contributed by atoms with van der Waals surface area (Å²) in [7, 11) is 0. The van der Waals surface area contributed by atoms with Crippen molar-refractivity contribution in [3.8, 4) is 5.82 Å². The molecule has 1 amide bonds. The molecule has 112 valence electrons. The Hall–Kier alpha value is -2.28. The molecule has 0 aromatic carbocycles. The Morgan fingerprint density at radius 1 is 1.52 bits per heavy atom. The van der Waals surface area contributed by atoms with Crippen LogP contribution in [0.1, 0.15) is 36.5 Å². The number of carbonyl (C=O) groups excluding carboxylic acids is 1. The lowest BCUT2D eigenvalue weighted by Crippen LogP contribution is -2.40. The molecule has 2 aromatic heterocycles. The van der Waals surface area contributed by atoms with Crippen LogP contribution in [0.4, 0.5) is 0 Å². The van der Waals surface area contributed by atoms with Crippen LogP contribution in [-0.2, 0) is 0 Å². The molecule has 1 atom stereocenters. The molecule has 7 heteroatoms. The van der Waals surface area contributed by atoms with Crippen molar-refractivity contribution in [2.45, 2.75) is 32.2 Å². The van der Waals surface area contributed by atoms with Gasteiger partial charge in [0, 0.05) is 24.3 Å².